The minimum atomic E-state index is -0.399. The molecule has 0 aliphatic heterocycles. The van der Waals surface area contributed by atoms with Crippen molar-refractivity contribution in [3.8, 4) is 17.3 Å². The molecule has 7 heteroatoms. The van der Waals surface area contributed by atoms with Crippen LogP contribution in [0.25, 0.3) is 16.8 Å². The van der Waals surface area contributed by atoms with Crippen LogP contribution in [0.4, 0.5) is 10.1 Å². The summed E-state index contributed by atoms with van der Waals surface area (Å²) in [4.78, 5) is 4.44. The first-order chi connectivity index (χ1) is 12.1. The van der Waals surface area contributed by atoms with Crippen LogP contribution in [0, 0.1) is 17.1 Å². The Kier molecular flexibility index (Phi) is 5.34. The molecule has 3 aromatic rings. The molecule has 0 saturated carbocycles. The van der Waals surface area contributed by atoms with Crippen molar-refractivity contribution in [1.29, 1.82) is 5.26 Å². The van der Waals surface area contributed by atoms with E-state index in [1.807, 2.05) is 0 Å². The average Bonchev–Trinajstić information content (AvgIpc) is 3.06. The van der Waals surface area contributed by atoms with Crippen molar-refractivity contribution in [2.45, 2.75) is 0 Å². The third-order valence-electron chi connectivity index (χ3n) is 3.31. The number of hydrogen-bond acceptors (Lipinski definition) is 4. The second kappa shape index (κ2) is 7.66. The summed E-state index contributed by atoms with van der Waals surface area (Å²) in [5.74, 6) is -0.399. The lowest BCUT2D eigenvalue weighted by molar-refractivity contribution is 0.632. The molecule has 1 aromatic heterocycles. The molecule has 0 aliphatic carbocycles. The molecule has 3 nitrogen and oxygen atoms in total. The number of benzene rings is 2. The van der Waals surface area contributed by atoms with E-state index in [9.17, 15) is 9.65 Å². The number of allylic oxidation sites excluding steroid dienone is 1. The van der Waals surface area contributed by atoms with Gasteiger partial charge in [-0.15, -0.1) is 11.3 Å². The molecule has 25 heavy (non-hydrogen) atoms. The van der Waals surface area contributed by atoms with Gasteiger partial charge >= 0.3 is 0 Å². The van der Waals surface area contributed by atoms with Crippen molar-refractivity contribution < 1.29 is 4.39 Å². The van der Waals surface area contributed by atoms with Gasteiger partial charge in [-0.3, -0.25) is 0 Å². The van der Waals surface area contributed by atoms with E-state index in [0.717, 1.165) is 5.56 Å². The number of rotatable bonds is 4. The van der Waals surface area contributed by atoms with E-state index in [1.165, 1.54) is 23.6 Å². The van der Waals surface area contributed by atoms with Gasteiger partial charge in [0.1, 0.15) is 22.5 Å². The van der Waals surface area contributed by atoms with Gasteiger partial charge < -0.3 is 5.32 Å². The minimum absolute atomic E-state index is 0.285. The van der Waals surface area contributed by atoms with Gasteiger partial charge in [0, 0.05) is 22.2 Å². The number of nitrogens with one attached hydrogen (secondary N) is 1. The van der Waals surface area contributed by atoms with Crippen molar-refractivity contribution in [2.75, 3.05) is 5.32 Å². The molecule has 0 amide bonds. The highest BCUT2D eigenvalue weighted by atomic mass is 35.5. The van der Waals surface area contributed by atoms with Crippen LogP contribution in [0.15, 0.2) is 54.0 Å². The lowest BCUT2D eigenvalue weighted by Crippen LogP contribution is -1.93. The molecule has 0 radical (unpaired) electrons. The zero-order valence-electron chi connectivity index (χ0n) is 12.6. The zero-order valence-corrected chi connectivity index (χ0v) is 15.0. The average molecular weight is 390 g/mol. The quantitative estimate of drug-likeness (QED) is 0.537. The lowest BCUT2D eigenvalue weighted by atomic mass is 10.2. The number of anilines is 1. The minimum Gasteiger partial charge on any atom is -0.358 e. The van der Waals surface area contributed by atoms with Gasteiger partial charge in [0.25, 0.3) is 0 Å². The number of nitriles is 1. The van der Waals surface area contributed by atoms with Gasteiger partial charge in [-0.2, -0.15) is 5.26 Å². The summed E-state index contributed by atoms with van der Waals surface area (Å²) in [6.07, 6.45) is 1.44. The number of halogens is 3. The third-order valence-corrected chi connectivity index (χ3v) is 4.73. The van der Waals surface area contributed by atoms with Crippen molar-refractivity contribution >= 4 is 45.8 Å². The molecule has 1 heterocycles. The number of thiazole rings is 1. The number of nitrogens with zero attached hydrogens (tertiary/aromatic N) is 2. The maximum atomic E-state index is 13.6. The summed E-state index contributed by atoms with van der Waals surface area (Å²) in [5.41, 5.74) is 1.96. The van der Waals surface area contributed by atoms with Crippen molar-refractivity contribution in [1.82, 2.24) is 4.98 Å². The molecule has 0 saturated heterocycles. The molecule has 0 fully saturated rings. The Morgan fingerprint density at radius 3 is 2.76 bits per heavy atom. The molecule has 0 atom stereocenters. The summed E-state index contributed by atoms with van der Waals surface area (Å²) < 4.78 is 13.6. The summed E-state index contributed by atoms with van der Waals surface area (Å²) in [6, 6.07) is 13.4. The molecule has 3 rings (SSSR count). The van der Waals surface area contributed by atoms with Gasteiger partial charge in [-0.25, -0.2) is 9.37 Å². The Hall–Kier alpha value is -2.39. The summed E-state index contributed by atoms with van der Waals surface area (Å²) in [7, 11) is 0. The topological polar surface area (TPSA) is 48.7 Å². The summed E-state index contributed by atoms with van der Waals surface area (Å²) in [5, 5.41) is 15.5. The SMILES string of the molecule is N#CC(=CNc1ccccc1F)c1nc(-c2ccc(Cl)cc2Cl)cs1. The van der Waals surface area contributed by atoms with E-state index in [2.05, 4.69) is 16.4 Å². The normalized spacial score (nSPS) is 11.2. The number of aromatic nitrogens is 1. The van der Waals surface area contributed by atoms with E-state index in [-0.39, 0.29) is 5.69 Å². The molecule has 124 valence electrons. The van der Waals surface area contributed by atoms with Crippen LogP contribution >= 0.6 is 34.5 Å². The summed E-state index contributed by atoms with van der Waals surface area (Å²) >= 11 is 13.4. The second-order valence-corrected chi connectivity index (χ2v) is 6.66. The fourth-order valence-corrected chi connectivity index (χ4v) is 3.38. The van der Waals surface area contributed by atoms with Crippen LogP contribution < -0.4 is 5.32 Å². The smallest absolute Gasteiger partial charge is 0.146 e. The van der Waals surface area contributed by atoms with Crippen molar-refractivity contribution in [2.24, 2.45) is 0 Å². The Morgan fingerprint density at radius 1 is 1.24 bits per heavy atom. The standard InChI is InChI=1S/C18H10Cl2FN3S/c19-12-5-6-13(14(20)7-12)17-10-25-18(24-17)11(8-22)9-23-16-4-2-1-3-15(16)21/h1-7,9-10,23H. The Labute approximate surface area is 158 Å². The first-order valence-corrected chi connectivity index (χ1v) is 8.74. The van der Waals surface area contributed by atoms with Crippen molar-refractivity contribution in [3.63, 3.8) is 0 Å². The molecule has 0 spiro atoms. The molecule has 2 aromatic carbocycles. The highest BCUT2D eigenvalue weighted by Crippen LogP contribution is 2.32. The van der Waals surface area contributed by atoms with Gasteiger partial charge in [0.2, 0.25) is 0 Å². The third kappa shape index (κ3) is 3.99. The van der Waals surface area contributed by atoms with Gasteiger partial charge in [-0.05, 0) is 30.3 Å². The van der Waals surface area contributed by atoms with E-state index < -0.39 is 5.82 Å². The second-order valence-electron chi connectivity index (χ2n) is 4.96. The van der Waals surface area contributed by atoms with Crippen LogP contribution in [0.5, 0.6) is 0 Å². The van der Waals surface area contributed by atoms with E-state index in [4.69, 9.17) is 23.2 Å². The van der Waals surface area contributed by atoms with E-state index in [0.29, 0.717) is 26.3 Å². The zero-order chi connectivity index (χ0) is 17.8. The molecule has 0 unspecified atom stereocenters. The first kappa shape index (κ1) is 17.4. The maximum absolute atomic E-state index is 13.6. The number of para-hydroxylation sites is 1. The lowest BCUT2D eigenvalue weighted by Gasteiger charge is -2.02. The van der Waals surface area contributed by atoms with Crippen LogP contribution in [0.1, 0.15) is 5.01 Å². The van der Waals surface area contributed by atoms with E-state index in [1.54, 1.807) is 41.8 Å². The monoisotopic (exact) mass is 389 g/mol. The van der Waals surface area contributed by atoms with E-state index >= 15 is 0 Å². The predicted molar refractivity (Wildman–Crippen MR) is 101 cm³/mol. The van der Waals surface area contributed by atoms with Gasteiger partial charge in [0.05, 0.1) is 16.4 Å². The van der Waals surface area contributed by atoms with Gasteiger partial charge in [-0.1, -0.05) is 35.3 Å². The van der Waals surface area contributed by atoms with Crippen molar-refractivity contribution in [3.05, 3.63) is 74.9 Å². The van der Waals surface area contributed by atoms with Crippen LogP contribution in [0.2, 0.25) is 10.0 Å². The Bertz CT molecular complexity index is 992. The maximum Gasteiger partial charge on any atom is 0.146 e. The highest BCUT2D eigenvalue weighted by Gasteiger charge is 2.12. The molecular weight excluding hydrogens is 380 g/mol. The Morgan fingerprint density at radius 2 is 2.04 bits per heavy atom. The predicted octanol–water partition coefficient (Wildman–Crippen LogP) is 6.23. The van der Waals surface area contributed by atoms with Crippen LogP contribution in [0.3, 0.4) is 0 Å². The number of hydrogen-bond donors (Lipinski definition) is 1. The fourth-order valence-electron chi connectivity index (χ4n) is 2.09. The molecule has 0 aliphatic rings. The molecular formula is C18H10Cl2FN3S. The highest BCUT2D eigenvalue weighted by molar-refractivity contribution is 7.11. The molecule has 0 bridgehead atoms. The van der Waals surface area contributed by atoms with Crippen LogP contribution in [-0.2, 0) is 0 Å². The largest absolute Gasteiger partial charge is 0.358 e. The van der Waals surface area contributed by atoms with Gasteiger partial charge in [0.15, 0.2) is 0 Å². The fraction of sp³-hybridized carbons (Fsp3) is 0. The van der Waals surface area contributed by atoms with Crippen LogP contribution in [-0.4, -0.2) is 4.98 Å². The summed E-state index contributed by atoms with van der Waals surface area (Å²) in [6.45, 7) is 0. The molecule has 1 N–H and O–H groups in total. The Balaban J connectivity index is 1.88. The first-order valence-electron chi connectivity index (χ1n) is 7.11.